The number of hydrogen-bond donors (Lipinski definition) is 1. The van der Waals surface area contributed by atoms with Crippen LogP contribution in [-0.2, 0) is 9.84 Å². The maximum atomic E-state index is 13.1. The number of nitrogens with two attached hydrogens (primary N) is 1. The van der Waals surface area contributed by atoms with E-state index >= 15 is 0 Å². The second-order valence-corrected chi connectivity index (χ2v) is 6.65. The average Bonchev–Trinajstić information content (AvgIpc) is 2.47. The molecule has 2 rings (SSSR count). The van der Waals surface area contributed by atoms with Crippen molar-refractivity contribution in [2.24, 2.45) is 5.73 Å². The van der Waals surface area contributed by atoms with Crippen molar-refractivity contribution in [3.8, 4) is 5.75 Å². The first-order chi connectivity index (χ1) is 9.92. The number of ether oxygens (including phenoxy) is 1. The van der Waals surface area contributed by atoms with Crippen molar-refractivity contribution in [1.82, 2.24) is 0 Å². The van der Waals surface area contributed by atoms with E-state index in [1.165, 1.54) is 18.2 Å². The summed E-state index contributed by atoms with van der Waals surface area (Å²) in [6.45, 7) is 0. The van der Waals surface area contributed by atoms with Gasteiger partial charge in [-0.3, -0.25) is 0 Å². The van der Waals surface area contributed by atoms with Crippen LogP contribution in [0, 0.1) is 5.82 Å². The first-order valence-corrected chi connectivity index (χ1v) is 7.95. The zero-order chi connectivity index (χ0) is 15.5. The molecule has 6 heteroatoms. The van der Waals surface area contributed by atoms with Crippen LogP contribution < -0.4 is 10.5 Å². The van der Waals surface area contributed by atoms with Crippen molar-refractivity contribution in [3.05, 3.63) is 59.9 Å². The van der Waals surface area contributed by atoms with E-state index in [0.29, 0.717) is 11.3 Å². The fraction of sp³-hybridized carbons (Fsp3) is 0.200. The Morgan fingerprint density at radius 3 is 2.43 bits per heavy atom. The van der Waals surface area contributed by atoms with Crippen molar-refractivity contribution in [2.75, 3.05) is 12.9 Å². The van der Waals surface area contributed by atoms with Gasteiger partial charge in [0.25, 0.3) is 0 Å². The molecule has 0 saturated carbocycles. The lowest BCUT2D eigenvalue weighted by Gasteiger charge is -2.13. The molecule has 0 spiro atoms. The van der Waals surface area contributed by atoms with Gasteiger partial charge in [-0.25, -0.2) is 12.8 Å². The predicted octanol–water partition coefficient (Wildman–Crippen LogP) is 2.31. The van der Waals surface area contributed by atoms with E-state index in [4.69, 9.17) is 10.5 Å². The Labute approximate surface area is 123 Å². The van der Waals surface area contributed by atoms with Crippen molar-refractivity contribution in [1.29, 1.82) is 0 Å². The molecule has 2 aromatic carbocycles. The van der Waals surface area contributed by atoms with Gasteiger partial charge in [-0.1, -0.05) is 18.2 Å². The summed E-state index contributed by atoms with van der Waals surface area (Å²) in [4.78, 5) is -0.0635. The number of benzene rings is 2. The van der Waals surface area contributed by atoms with Gasteiger partial charge in [0.15, 0.2) is 9.84 Å². The van der Waals surface area contributed by atoms with Crippen LogP contribution in [0.2, 0.25) is 0 Å². The summed E-state index contributed by atoms with van der Waals surface area (Å²) in [5.74, 6) is -0.212. The third-order valence-electron chi connectivity index (χ3n) is 3.10. The molecule has 1 unspecified atom stereocenters. The Balaban J connectivity index is 2.19. The van der Waals surface area contributed by atoms with Crippen molar-refractivity contribution >= 4 is 9.84 Å². The van der Waals surface area contributed by atoms with Crippen LogP contribution in [0.3, 0.4) is 0 Å². The third kappa shape index (κ3) is 3.80. The predicted molar refractivity (Wildman–Crippen MR) is 78.4 cm³/mol. The molecular formula is C15H16FNO3S. The molecule has 0 saturated heterocycles. The van der Waals surface area contributed by atoms with Gasteiger partial charge >= 0.3 is 0 Å². The Kier molecular flexibility index (Phi) is 4.59. The normalized spacial score (nSPS) is 12.9. The SMILES string of the molecule is COc1ccc(C(N)CS(=O)(=O)c2cccc(F)c2)cc1. The summed E-state index contributed by atoms with van der Waals surface area (Å²) in [5, 5.41) is 0. The van der Waals surface area contributed by atoms with Crippen LogP contribution in [0.1, 0.15) is 11.6 Å². The quantitative estimate of drug-likeness (QED) is 0.920. The highest BCUT2D eigenvalue weighted by Crippen LogP contribution is 2.21. The van der Waals surface area contributed by atoms with Crippen LogP contribution in [0.4, 0.5) is 4.39 Å². The van der Waals surface area contributed by atoms with Gasteiger partial charge in [0, 0.05) is 6.04 Å². The van der Waals surface area contributed by atoms with Crippen molar-refractivity contribution in [3.63, 3.8) is 0 Å². The van der Waals surface area contributed by atoms with Gasteiger partial charge in [0.05, 0.1) is 17.8 Å². The summed E-state index contributed by atoms with van der Waals surface area (Å²) >= 11 is 0. The minimum atomic E-state index is -3.64. The lowest BCUT2D eigenvalue weighted by atomic mass is 10.1. The molecule has 21 heavy (non-hydrogen) atoms. The van der Waals surface area contributed by atoms with Crippen LogP contribution in [-0.4, -0.2) is 21.3 Å². The number of hydrogen-bond acceptors (Lipinski definition) is 4. The topological polar surface area (TPSA) is 69.4 Å². The van der Waals surface area contributed by atoms with E-state index in [0.717, 1.165) is 6.07 Å². The van der Waals surface area contributed by atoms with Gasteiger partial charge in [-0.2, -0.15) is 0 Å². The minimum Gasteiger partial charge on any atom is -0.497 e. The van der Waals surface area contributed by atoms with Gasteiger partial charge < -0.3 is 10.5 Å². The van der Waals surface area contributed by atoms with E-state index in [2.05, 4.69) is 0 Å². The second-order valence-electron chi connectivity index (χ2n) is 4.62. The van der Waals surface area contributed by atoms with E-state index < -0.39 is 21.7 Å². The van der Waals surface area contributed by atoms with Crippen molar-refractivity contribution in [2.45, 2.75) is 10.9 Å². The fourth-order valence-corrected chi connectivity index (χ4v) is 3.38. The Hall–Kier alpha value is -1.92. The van der Waals surface area contributed by atoms with Crippen LogP contribution >= 0.6 is 0 Å². The molecular weight excluding hydrogens is 293 g/mol. The molecule has 0 aliphatic carbocycles. The lowest BCUT2D eigenvalue weighted by molar-refractivity contribution is 0.414. The molecule has 0 radical (unpaired) electrons. The second kappa shape index (κ2) is 6.24. The van der Waals surface area contributed by atoms with E-state index in [-0.39, 0.29) is 10.6 Å². The first-order valence-electron chi connectivity index (χ1n) is 6.30. The molecule has 0 fully saturated rings. The number of sulfone groups is 1. The van der Waals surface area contributed by atoms with Gasteiger partial charge in [-0.15, -0.1) is 0 Å². The summed E-state index contributed by atoms with van der Waals surface area (Å²) in [6.07, 6.45) is 0. The maximum absolute atomic E-state index is 13.1. The first kappa shape index (κ1) is 15.5. The van der Waals surface area contributed by atoms with Gasteiger partial charge in [0.1, 0.15) is 11.6 Å². The smallest absolute Gasteiger partial charge is 0.180 e. The summed E-state index contributed by atoms with van der Waals surface area (Å²) in [5.41, 5.74) is 6.61. The molecule has 0 aliphatic heterocycles. The maximum Gasteiger partial charge on any atom is 0.180 e. The van der Waals surface area contributed by atoms with Crippen LogP contribution in [0.25, 0.3) is 0 Å². The van der Waals surface area contributed by atoms with Gasteiger partial charge in [-0.05, 0) is 35.9 Å². The molecule has 2 N–H and O–H groups in total. The molecule has 0 aromatic heterocycles. The number of rotatable bonds is 5. The average molecular weight is 309 g/mol. The van der Waals surface area contributed by atoms with E-state index in [9.17, 15) is 12.8 Å². The zero-order valence-electron chi connectivity index (χ0n) is 11.5. The minimum absolute atomic E-state index is 0.0635. The summed E-state index contributed by atoms with van der Waals surface area (Å²) in [7, 11) is -2.10. The van der Waals surface area contributed by atoms with Crippen LogP contribution in [0.15, 0.2) is 53.4 Å². The lowest BCUT2D eigenvalue weighted by Crippen LogP contribution is -2.22. The molecule has 1 atom stereocenters. The molecule has 0 aliphatic rings. The monoisotopic (exact) mass is 309 g/mol. The van der Waals surface area contributed by atoms with E-state index in [1.54, 1.807) is 31.4 Å². The molecule has 0 bridgehead atoms. The third-order valence-corrected chi connectivity index (χ3v) is 4.87. The number of methoxy groups -OCH3 is 1. The molecule has 4 nitrogen and oxygen atoms in total. The summed E-state index contributed by atoms with van der Waals surface area (Å²) < 4.78 is 42.6. The largest absolute Gasteiger partial charge is 0.497 e. The highest BCUT2D eigenvalue weighted by atomic mass is 32.2. The molecule has 0 heterocycles. The highest BCUT2D eigenvalue weighted by Gasteiger charge is 2.20. The van der Waals surface area contributed by atoms with Crippen molar-refractivity contribution < 1.29 is 17.5 Å². The zero-order valence-corrected chi connectivity index (χ0v) is 12.3. The molecule has 2 aromatic rings. The molecule has 112 valence electrons. The standard InChI is InChI=1S/C15H16FNO3S/c1-20-13-7-5-11(6-8-13)15(17)10-21(18,19)14-4-2-3-12(16)9-14/h2-9,15H,10,17H2,1H3. The van der Waals surface area contributed by atoms with Crippen LogP contribution in [0.5, 0.6) is 5.75 Å². The Morgan fingerprint density at radius 1 is 1.19 bits per heavy atom. The highest BCUT2D eigenvalue weighted by molar-refractivity contribution is 7.91. The summed E-state index contributed by atoms with van der Waals surface area (Å²) in [6, 6.07) is 11.1. The Morgan fingerprint density at radius 2 is 1.86 bits per heavy atom. The fourth-order valence-electron chi connectivity index (χ4n) is 1.94. The molecule has 0 amide bonds. The number of halogens is 1. The Bertz CT molecular complexity index is 714. The van der Waals surface area contributed by atoms with Gasteiger partial charge in [0.2, 0.25) is 0 Å². The van der Waals surface area contributed by atoms with E-state index in [1.807, 2.05) is 0 Å².